The quantitative estimate of drug-likeness (QED) is 0.789. The molecule has 0 atom stereocenters. The molecule has 1 aromatic carbocycles. The number of aromatic nitrogens is 2. The lowest BCUT2D eigenvalue weighted by molar-refractivity contribution is 0.0970. The highest BCUT2D eigenvalue weighted by molar-refractivity contribution is 5.95. The highest BCUT2D eigenvalue weighted by Gasteiger charge is 2.25. The van der Waals surface area contributed by atoms with Gasteiger partial charge in [0.1, 0.15) is 5.82 Å². The number of carbonyl (C=O) groups excluding carboxylic acids is 1. The summed E-state index contributed by atoms with van der Waals surface area (Å²) in [6.07, 6.45) is 5.39. The van der Waals surface area contributed by atoms with Crippen LogP contribution in [0.3, 0.4) is 0 Å². The molecule has 0 aliphatic heterocycles. The van der Waals surface area contributed by atoms with Crippen LogP contribution in [0.5, 0.6) is 0 Å². The van der Waals surface area contributed by atoms with Crippen molar-refractivity contribution in [2.75, 3.05) is 0 Å². The second-order valence-corrected chi connectivity index (χ2v) is 4.78. The van der Waals surface area contributed by atoms with Crippen LogP contribution >= 0.6 is 0 Å². The van der Waals surface area contributed by atoms with Crippen LogP contribution in [0.1, 0.15) is 29.2 Å². The fraction of sp³-hybridized carbons (Fsp3) is 0.286. The fourth-order valence-electron chi connectivity index (χ4n) is 2.06. The summed E-state index contributed by atoms with van der Waals surface area (Å²) < 4.78 is 15.8. The Hall–Kier alpha value is -2.17. The van der Waals surface area contributed by atoms with E-state index in [1.54, 1.807) is 17.0 Å². The van der Waals surface area contributed by atoms with Crippen molar-refractivity contribution < 1.29 is 9.18 Å². The first-order valence-corrected chi connectivity index (χ1v) is 6.21. The molecule has 0 unspecified atom stereocenters. The molecule has 1 heterocycles. The molecule has 1 aliphatic rings. The molecule has 0 saturated heterocycles. The Kier molecular flexibility index (Phi) is 2.81. The number of ketones is 1. The maximum absolute atomic E-state index is 12.8. The molecule has 2 aromatic rings. The third-order valence-electron chi connectivity index (χ3n) is 3.29. The Morgan fingerprint density at radius 1 is 1.21 bits per heavy atom. The molecule has 4 nitrogen and oxygen atoms in total. The molecule has 1 aromatic heterocycles. The minimum absolute atomic E-state index is 0.00974. The minimum Gasteiger partial charge on any atom is -0.296 e. The smallest absolute Gasteiger partial charge is 0.296 e. The van der Waals surface area contributed by atoms with Crippen molar-refractivity contribution in [3.8, 4) is 0 Å². The maximum atomic E-state index is 12.8. The molecule has 3 rings (SSSR count). The first-order chi connectivity index (χ1) is 9.15. The fourth-order valence-corrected chi connectivity index (χ4v) is 2.06. The molecule has 5 heteroatoms. The molecular formula is C14H13FN2O2. The lowest BCUT2D eigenvalue weighted by atomic mass is 10.1. The summed E-state index contributed by atoms with van der Waals surface area (Å²) in [5, 5.41) is 0. The first-order valence-electron chi connectivity index (χ1n) is 6.21. The van der Waals surface area contributed by atoms with Gasteiger partial charge in [0.15, 0.2) is 5.78 Å². The van der Waals surface area contributed by atoms with Crippen LogP contribution < -0.4 is 5.69 Å². The zero-order valence-corrected chi connectivity index (χ0v) is 10.3. The van der Waals surface area contributed by atoms with Gasteiger partial charge in [0, 0.05) is 24.0 Å². The van der Waals surface area contributed by atoms with Gasteiger partial charge in [-0.3, -0.25) is 13.9 Å². The third-order valence-corrected chi connectivity index (χ3v) is 3.29. The SMILES string of the molecule is O=C(Cn1ccn(C2CC2)c1=O)c1ccc(F)cc1. The van der Waals surface area contributed by atoms with Crippen molar-refractivity contribution >= 4 is 5.78 Å². The number of halogens is 1. The van der Waals surface area contributed by atoms with E-state index in [1.165, 1.54) is 28.8 Å². The van der Waals surface area contributed by atoms with E-state index in [0.29, 0.717) is 11.6 Å². The summed E-state index contributed by atoms with van der Waals surface area (Å²) in [5.41, 5.74) is 0.255. The number of nitrogens with zero attached hydrogens (tertiary/aromatic N) is 2. The van der Waals surface area contributed by atoms with E-state index in [9.17, 15) is 14.0 Å². The molecule has 0 radical (unpaired) electrons. The number of imidazole rings is 1. The third kappa shape index (κ3) is 2.36. The largest absolute Gasteiger partial charge is 0.328 e. The molecule has 1 saturated carbocycles. The van der Waals surface area contributed by atoms with Crippen molar-refractivity contribution in [1.29, 1.82) is 0 Å². The Balaban J connectivity index is 1.79. The highest BCUT2D eigenvalue weighted by Crippen LogP contribution is 2.33. The van der Waals surface area contributed by atoms with Crippen molar-refractivity contribution in [3.63, 3.8) is 0 Å². The van der Waals surface area contributed by atoms with Crippen molar-refractivity contribution in [2.24, 2.45) is 0 Å². The van der Waals surface area contributed by atoms with Crippen LogP contribution in [0, 0.1) is 5.82 Å². The Labute approximate surface area is 109 Å². The molecule has 19 heavy (non-hydrogen) atoms. The van der Waals surface area contributed by atoms with Gasteiger partial charge in [-0.1, -0.05) is 0 Å². The van der Waals surface area contributed by atoms with Crippen LogP contribution in [-0.4, -0.2) is 14.9 Å². The Morgan fingerprint density at radius 3 is 2.53 bits per heavy atom. The van der Waals surface area contributed by atoms with Crippen LogP contribution in [-0.2, 0) is 6.54 Å². The van der Waals surface area contributed by atoms with Crippen molar-refractivity contribution in [2.45, 2.75) is 25.4 Å². The van der Waals surface area contributed by atoms with Crippen LogP contribution in [0.2, 0.25) is 0 Å². The standard InChI is InChI=1S/C14H13FN2O2/c15-11-3-1-10(2-4-11)13(18)9-16-7-8-17(14(16)19)12-5-6-12/h1-4,7-8,12H,5-6,9H2. The van der Waals surface area contributed by atoms with E-state index in [1.807, 2.05) is 0 Å². The molecule has 98 valence electrons. The van der Waals surface area contributed by atoms with Crippen LogP contribution in [0.4, 0.5) is 4.39 Å². The summed E-state index contributed by atoms with van der Waals surface area (Å²) in [6, 6.07) is 5.65. The van der Waals surface area contributed by atoms with E-state index < -0.39 is 0 Å². The van der Waals surface area contributed by atoms with Gasteiger partial charge in [-0.15, -0.1) is 0 Å². The van der Waals surface area contributed by atoms with E-state index >= 15 is 0 Å². The van der Waals surface area contributed by atoms with Gasteiger partial charge in [0.2, 0.25) is 0 Å². The van der Waals surface area contributed by atoms with Gasteiger partial charge in [0.25, 0.3) is 0 Å². The number of benzene rings is 1. The highest BCUT2D eigenvalue weighted by atomic mass is 19.1. The van der Waals surface area contributed by atoms with Crippen LogP contribution in [0.15, 0.2) is 41.5 Å². The van der Waals surface area contributed by atoms with Gasteiger partial charge in [-0.2, -0.15) is 0 Å². The van der Waals surface area contributed by atoms with E-state index in [4.69, 9.17) is 0 Å². The van der Waals surface area contributed by atoms with Crippen LogP contribution in [0.25, 0.3) is 0 Å². The van der Waals surface area contributed by atoms with Gasteiger partial charge in [0.05, 0.1) is 6.54 Å². The van der Waals surface area contributed by atoms with Crippen molar-refractivity contribution in [3.05, 3.63) is 58.5 Å². The minimum atomic E-state index is -0.381. The molecule has 0 amide bonds. The molecule has 0 bridgehead atoms. The summed E-state index contributed by atoms with van der Waals surface area (Å²) in [7, 11) is 0. The molecular weight excluding hydrogens is 247 g/mol. The summed E-state index contributed by atoms with van der Waals surface area (Å²) in [6.45, 7) is -0.00974. The lowest BCUT2D eigenvalue weighted by Crippen LogP contribution is -2.26. The van der Waals surface area contributed by atoms with Gasteiger partial charge in [-0.05, 0) is 37.1 Å². The predicted molar refractivity (Wildman–Crippen MR) is 67.7 cm³/mol. The normalized spacial score (nSPS) is 14.6. The first kappa shape index (κ1) is 11.9. The number of hydrogen-bond acceptors (Lipinski definition) is 2. The Bertz CT molecular complexity index is 665. The average molecular weight is 260 g/mol. The number of rotatable bonds is 4. The Morgan fingerprint density at radius 2 is 1.89 bits per heavy atom. The predicted octanol–water partition coefficient (Wildman–Crippen LogP) is 2.01. The van der Waals surface area contributed by atoms with Crippen molar-refractivity contribution in [1.82, 2.24) is 9.13 Å². The average Bonchev–Trinajstić information content (AvgIpc) is 3.17. The summed E-state index contributed by atoms with van der Waals surface area (Å²) >= 11 is 0. The maximum Gasteiger partial charge on any atom is 0.328 e. The molecule has 0 N–H and O–H groups in total. The zero-order valence-electron chi connectivity index (χ0n) is 10.3. The molecule has 1 aliphatic carbocycles. The van der Waals surface area contributed by atoms with Gasteiger partial charge in [-0.25, -0.2) is 9.18 Å². The monoisotopic (exact) mass is 260 g/mol. The second-order valence-electron chi connectivity index (χ2n) is 4.78. The topological polar surface area (TPSA) is 44.0 Å². The molecule has 0 spiro atoms. The summed E-state index contributed by atoms with van der Waals surface area (Å²) in [5.74, 6) is -0.579. The number of carbonyl (C=O) groups is 1. The van der Waals surface area contributed by atoms with Gasteiger partial charge < -0.3 is 0 Å². The summed E-state index contributed by atoms with van der Waals surface area (Å²) in [4.78, 5) is 24.0. The number of hydrogen-bond donors (Lipinski definition) is 0. The van der Waals surface area contributed by atoms with E-state index in [0.717, 1.165) is 12.8 Å². The van der Waals surface area contributed by atoms with E-state index in [2.05, 4.69) is 0 Å². The van der Waals surface area contributed by atoms with Gasteiger partial charge >= 0.3 is 5.69 Å². The lowest BCUT2D eigenvalue weighted by Gasteiger charge is -2.02. The second kappa shape index (κ2) is 4.50. The number of Topliss-reactive ketones (excluding diaryl/α,β-unsaturated/α-hetero) is 1. The zero-order chi connectivity index (χ0) is 13.4. The van der Waals surface area contributed by atoms with E-state index in [-0.39, 0.29) is 23.8 Å². The molecule has 1 fully saturated rings.